The van der Waals surface area contributed by atoms with E-state index in [1.807, 2.05) is 0 Å². The number of anilines is 1. The fraction of sp³-hybridized carbons (Fsp3) is 0.111. The van der Waals surface area contributed by atoms with Gasteiger partial charge in [0.15, 0.2) is 0 Å². The highest BCUT2D eigenvalue weighted by Crippen LogP contribution is 2.11. The molecule has 0 bridgehead atoms. The zero-order chi connectivity index (χ0) is 9.84. The molecule has 0 heterocycles. The van der Waals surface area contributed by atoms with E-state index in [9.17, 15) is 9.59 Å². The van der Waals surface area contributed by atoms with Crippen molar-refractivity contribution in [3.05, 3.63) is 29.8 Å². The topological polar surface area (TPSA) is 69.4 Å². The van der Waals surface area contributed by atoms with E-state index in [0.717, 1.165) is 7.11 Å². The number of carbonyl (C=O) groups excluding carboxylic acids is 2. The van der Waals surface area contributed by atoms with Gasteiger partial charge < -0.3 is 10.5 Å². The third-order valence-electron chi connectivity index (χ3n) is 1.58. The van der Waals surface area contributed by atoms with Gasteiger partial charge in [-0.3, -0.25) is 4.79 Å². The maximum absolute atomic E-state index is 11.2. The predicted octanol–water partition coefficient (Wildman–Crippen LogP) is 0.625. The fourth-order valence-electron chi connectivity index (χ4n) is 0.906. The predicted molar refractivity (Wildman–Crippen MR) is 47.2 cm³/mol. The Morgan fingerprint density at radius 3 is 2.46 bits per heavy atom. The highest BCUT2D eigenvalue weighted by molar-refractivity contribution is 6.41. The van der Waals surface area contributed by atoms with Crippen molar-refractivity contribution in [1.29, 1.82) is 0 Å². The molecule has 2 N–H and O–H groups in total. The number of carbonyl (C=O) groups is 2. The standard InChI is InChI=1S/C9H9NO3/c1-13-9(12)8(11)6-4-2-3-5-7(6)10/h2-5H,10H2,1H3. The summed E-state index contributed by atoms with van der Waals surface area (Å²) >= 11 is 0. The van der Waals surface area contributed by atoms with Gasteiger partial charge in [0.1, 0.15) is 0 Å². The Morgan fingerprint density at radius 2 is 1.92 bits per heavy atom. The van der Waals surface area contributed by atoms with Crippen LogP contribution in [0.4, 0.5) is 5.69 Å². The summed E-state index contributed by atoms with van der Waals surface area (Å²) in [7, 11) is 1.15. The first kappa shape index (κ1) is 9.25. The number of esters is 1. The molecule has 0 fully saturated rings. The summed E-state index contributed by atoms with van der Waals surface area (Å²) in [6.45, 7) is 0. The Bertz CT molecular complexity index is 346. The van der Waals surface area contributed by atoms with Crippen LogP contribution in [-0.4, -0.2) is 18.9 Å². The average molecular weight is 179 g/mol. The van der Waals surface area contributed by atoms with E-state index in [2.05, 4.69) is 4.74 Å². The van der Waals surface area contributed by atoms with E-state index < -0.39 is 11.8 Å². The molecular weight excluding hydrogens is 170 g/mol. The number of Topliss-reactive ketones (excluding diaryl/α,β-unsaturated/α-hetero) is 1. The highest BCUT2D eigenvalue weighted by atomic mass is 16.5. The molecule has 1 aromatic rings. The van der Waals surface area contributed by atoms with Crippen LogP contribution in [0.25, 0.3) is 0 Å². The Balaban J connectivity index is 3.02. The Hall–Kier alpha value is -1.84. The first-order valence-electron chi connectivity index (χ1n) is 3.64. The quantitative estimate of drug-likeness (QED) is 0.313. The van der Waals surface area contributed by atoms with E-state index in [4.69, 9.17) is 5.73 Å². The highest BCUT2D eigenvalue weighted by Gasteiger charge is 2.18. The fourth-order valence-corrected chi connectivity index (χ4v) is 0.906. The van der Waals surface area contributed by atoms with Crippen LogP contribution in [-0.2, 0) is 9.53 Å². The number of benzene rings is 1. The lowest BCUT2D eigenvalue weighted by atomic mass is 10.1. The van der Waals surface area contributed by atoms with E-state index >= 15 is 0 Å². The Labute approximate surface area is 75.3 Å². The second-order valence-corrected chi connectivity index (χ2v) is 2.41. The van der Waals surface area contributed by atoms with Gasteiger partial charge in [-0.25, -0.2) is 4.79 Å². The molecule has 1 rings (SSSR count). The summed E-state index contributed by atoms with van der Waals surface area (Å²) in [4.78, 5) is 22.1. The van der Waals surface area contributed by atoms with Gasteiger partial charge in [-0.15, -0.1) is 0 Å². The van der Waals surface area contributed by atoms with Crippen molar-refractivity contribution in [2.75, 3.05) is 12.8 Å². The average Bonchev–Trinajstić information content (AvgIpc) is 2.16. The van der Waals surface area contributed by atoms with Crippen LogP contribution in [0.1, 0.15) is 10.4 Å². The summed E-state index contributed by atoms with van der Waals surface area (Å²) in [6, 6.07) is 6.35. The molecule has 0 saturated heterocycles. The lowest BCUT2D eigenvalue weighted by molar-refractivity contribution is -0.135. The van der Waals surface area contributed by atoms with Crippen LogP contribution in [0.2, 0.25) is 0 Å². The maximum Gasteiger partial charge on any atom is 0.379 e. The summed E-state index contributed by atoms with van der Waals surface area (Å²) in [5.41, 5.74) is 5.94. The van der Waals surface area contributed by atoms with E-state index in [1.54, 1.807) is 18.2 Å². The Morgan fingerprint density at radius 1 is 1.31 bits per heavy atom. The summed E-state index contributed by atoms with van der Waals surface area (Å²) < 4.78 is 4.28. The molecule has 0 saturated carbocycles. The molecular formula is C9H9NO3. The van der Waals surface area contributed by atoms with E-state index in [-0.39, 0.29) is 11.3 Å². The summed E-state index contributed by atoms with van der Waals surface area (Å²) in [5.74, 6) is -1.63. The van der Waals surface area contributed by atoms with E-state index in [0.29, 0.717) is 0 Å². The number of methoxy groups -OCH3 is 1. The first-order valence-corrected chi connectivity index (χ1v) is 3.64. The van der Waals surface area contributed by atoms with Crippen molar-refractivity contribution in [1.82, 2.24) is 0 Å². The number of ketones is 1. The molecule has 1 aromatic carbocycles. The molecule has 0 spiro atoms. The minimum Gasteiger partial charge on any atom is -0.463 e. The van der Waals surface area contributed by atoms with E-state index in [1.165, 1.54) is 6.07 Å². The molecule has 0 radical (unpaired) electrons. The van der Waals surface area contributed by atoms with Crippen LogP contribution in [0.3, 0.4) is 0 Å². The minimum atomic E-state index is -0.905. The zero-order valence-corrected chi connectivity index (χ0v) is 7.11. The van der Waals surface area contributed by atoms with Gasteiger partial charge in [-0.2, -0.15) is 0 Å². The number of nitrogens with two attached hydrogens (primary N) is 1. The van der Waals surface area contributed by atoms with Gasteiger partial charge >= 0.3 is 5.97 Å². The monoisotopic (exact) mass is 179 g/mol. The van der Waals surface area contributed by atoms with Gasteiger partial charge in [0.05, 0.1) is 12.7 Å². The molecule has 0 aliphatic carbocycles. The summed E-state index contributed by atoms with van der Waals surface area (Å²) in [6.07, 6.45) is 0. The third kappa shape index (κ3) is 1.84. The van der Waals surface area contributed by atoms with Crippen molar-refractivity contribution < 1.29 is 14.3 Å². The van der Waals surface area contributed by atoms with Crippen LogP contribution in [0.5, 0.6) is 0 Å². The first-order chi connectivity index (χ1) is 6.16. The third-order valence-corrected chi connectivity index (χ3v) is 1.58. The SMILES string of the molecule is COC(=O)C(=O)c1ccccc1N. The molecule has 4 heteroatoms. The maximum atomic E-state index is 11.2. The van der Waals surface area contributed by atoms with Crippen LogP contribution >= 0.6 is 0 Å². The molecule has 4 nitrogen and oxygen atoms in total. The molecule has 0 unspecified atom stereocenters. The largest absolute Gasteiger partial charge is 0.463 e. The van der Waals surface area contributed by atoms with Gasteiger partial charge in [0.2, 0.25) is 0 Å². The number of ether oxygens (including phenoxy) is 1. The van der Waals surface area contributed by atoms with Gasteiger partial charge in [0.25, 0.3) is 5.78 Å². The molecule has 0 amide bonds. The van der Waals surface area contributed by atoms with Crippen LogP contribution in [0.15, 0.2) is 24.3 Å². The number of para-hydroxylation sites is 1. The normalized spacial score (nSPS) is 9.31. The number of hydrogen-bond donors (Lipinski definition) is 1. The molecule has 0 aliphatic heterocycles. The number of hydrogen-bond acceptors (Lipinski definition) is 4. The zero-order valence-electron chi connectivity index (χ0n) is 7.11. The smallest absolute Gasteiger partial charge is 0.379 e. The van der Waals surface area contributed by atoms with Gasteiger partial charge in [0, 0.05) is 5.69 Å². The number of rotatable bonds is 2. The van der Waals surface area contributed by atoms with Crippen LogP contribution < -0.4 is 5.73 Å². The van der Waals surface area contributed by atoms with Crippen LogP contribution in [0, 0.1) is 0 Å². The second-order valence-electron chi connectivity index (χ2n) is 2.41. The molecule has 0 atom stereocenters. The second kappa shape index (κ2) is 3.71. The number of nitrogen functional groups attached to an aromatic ring is 1. The van der Waals surface area contributed by atoms with Crippen molar-refractivity contribution in [2.24, 2.45) is 0 Å². The lowest BCUT2D eigenvalue weighted by Gasteiger charge is -2.01. The molecule has 13 heavy (non-hydrogen) atoms. The molecule has 0 aromatic heterocycles. The van der Waals surface area contributed by atoms with Gasteiger partial charge in [-0.05, 0) is 12.1 Å². The van der Waals surface area contributed by atoms with Crippen molar-refractivity contribution >= 4 is 17.4 Å². The lowest BCUT2D eigenvalue weighted by Crippen LogP contribution is -2.17. The van der Waals surface area contributed by atoms with Crippen molar-refractivity contribution in [3.8, 4) is 0 Å². The molecule has 68 valence electrons. The minimum absolute atomic E-state index is 0.175. The Kier molecular flexibility index (Phi) is 2.64. The van der Waals surface area contributed by atoms with Crippen molar-refractivity contribution in [3.63, 3.8) is 0 Å². The van der Waals surface area contributed by atoms with Gasteiger partial charge in [-0.1, -0.05) is 12.1 Å². The summed E-state index contributed by atoms with van der Waals surface area (Å²) in [5, 5.41) is 0. The van der Waals surface area contributed by atoms with Crippen molar-refractivity contribution in [2.45, 2.75) is 0 Å². The molecule has 0 aliphatic rings.